The maximum Gasteiger partial charge on any atom is 0.256 e. The summed E-state index contributed by atoms with van der Waals surface area (Å²) in [4.78, 5) is 21.2. The normalized spacial score (nSPS) is 12.2. The van der Waals surface area contributed by atoms with Crippen LogP contribution in [0.1, 0.15) is 18.1 Å². The second kappa shape index (κ2) is 6.51. The average Bonchev–Trinajstić information content (AvgIpc) is 2.94. The van der Waals surface area contributed by atoms with Crippen molar-refractivity contribution in [3.63, 3.8) is 0 Å². The lowest BCUT2D eigenvalue weighted by Gasteiger charge is -2.14. The van der Waals surface area contributed by atoms with Gasteiger partial charge in [-0.2, -0.15) is 5.26 Å². The average molecular weight is 340 g/mol. The second-order valence-corrected chi connectivity index (χ2v) is 6.70. The summed E-state index contributed by atoms with van der Waals surface area (Å²) in [5.41, 5.74) is 6.06. The first-order valence-corrected chi connectivity index (χ1v) is 8.25. The third kappa shape index (κ3) is 2.70. The first-order chi connectivity index (χ1) is 11.6. The molecule has 6 nitrogen and oxygen atoms in total. The Balaban J connectivity index is 2.21. The van der Waals surface area contributed by atoms with Crippen LogP contribution in [0.4, 0.5) is 0 Å². The van der Waals surface area contributed by atoms with Crippen LogP contribution in [0.5, 0.6) is 0 Å². The number of aryl methyl sites for hydroxylation is 1. The number of nitriles is 1. The first-order valence-electron chi connectivity index (χ1n) is 7.37. The molecule has 0 fully saturated rings. The van der Waals surface area contributed by atoms with Gasteiger partial charge in [-0.15, -0.1) is 0 Å². The Labute approximate surface area is 143 Å². The topological polar surface area (TPSA) is 79.4 Å². The van der Waals surface area contributed by atoms with Crippen molar-refractivity contribution >= 4 is 34.3 Å². The van der Waals surface area contributed by atoms with Gasteiger partial charge in [-0.05, 0) is 37.6 Å². The zero-order valence-corrected chi connectivity index (χ0v) is 14.3. The van der Waals surface area contributed by atoms with Crippen molar-refractivity contribution in [1.29, 1.82) is 5.26 Å². The third-order valence-electron chi connectivity index (χ3n) is 3.72. The fraction of sp³-hybridized carbons (Fsp3) is 0.235. The summed E-state index contributed by atoms with van der Waals surface area (Å²) < 4.78 is 1.93. The Morgan fingerprint density at radius 3 is 2.92 bits per heavy atom. The van der Waals surface area contributed by atoms with E-state index in [-0.39, 0.29) is 11.2 Å². The molecular weight excluding hydrogens is 324 g/mol. The van der Waals surface area contributed by atoms with Gasteiger partial charge in [-0.25, -0.2) is 10.5 Å². The summed E-state index contributed by atoms with van der Waals surface area (Å²) in [6.07, 6.45) is 0. The zero-order valence-electron chi connectivity index (χ0n) is 13.5. The van der Waals surface area contributed by atoms with E-state index in [9.17, 15) is 10.1 Å². The quantitative estimate of drug-likeness (QED) is 0.583. The number of carbonyl (C=O) groups is 1. The molecule has 0 bridgehead atoms. The highest BCUT2D eigenvalue weighted by molar-refractivity contribution is 8.00. The number of fused-ring (bicyclic) bond motifs is 3. The lowest BCUT2D eigenvalue weighted by molar-refractivity contribution is -0.130. The van der Waals surface area contributed by atoms with Gasteiger partial charge in [-0.3, -0.25) is 14.0 Å². The molecule has 0 aliphatic carbocycles. The minimum absolute atomic E-state index is 0.220. The van der Waals surface area contributed by atoms with Gasteiger partial charge < -0.3 is 0 Å². The fourth-order valence-corrected chi connectivity index (χ4v) is 3.61. The third-order valence-corrected chi connectivity index (χ3v) is 4.83. The van der Waals surface area contributed by atoms with Crippen molar-refractivity contribution in [3.05, 3.63) is 41.5 Å². The SMILES string of the molecule is CONC(=O)C(C)Sc1cc(C)c(C#N)c2nc3ccccc3n12. The van der Waals surface area contributed by atoms with Gasteiger partial charge in [0.05, 0.1) is 34.0 Å². The number of rotatable bonds is 4. The van der Waals surface area contributed by atoms with Crippen LogP contribution in [0.3, 0.4) is 0 Å². The van der Waals surface area contributed by atoms with E-state index < -0.39 is 0 Å². The van der Waals surface area contributed by atoms with Gasteiger partial charge in [0.25, 0.3) is 5.91 Å². The van der Waals surface area contributed by atoms with E-state index in [2.05, 4.69) is 16.5 Å². The largest absolute Gasteiger partial charge is 0.286 e. The van der Waals surface area contributed by atoms with E-state index in [0.29, 0.717) is 11.2 Å². The number of imidazole rings is 1. The van der Waals surface area contributed by atoms with Crippen LogP contribution in [0, 0.1) is 18.3 Å². The number of amides is 1. The number of thioether (sulfide) groups is 1. The number of benzene rings is 1. The summed E-state index contributed by atoms with van der Waals surface area (Å²) >= 11 is 1.40. The number of aromatic nitrogens is 2. The number of carbonyl (C=O) groups excluding carboxylic acids is 1. The Morgan fingerprint density at radius 1 is 1.46 bits per heavy atom. The van der Waals surface area contributed by atoms with Crippen molar-refractivity contribution in [2.75, 3.05) is 7.11 Å². The van der Waals surface area contributed by atoms with Crippen molar-refractivity contribution in [2.45, 2.75) is 24.1 Å². The standard InChI is InChI=1S/C17H16N4O2S/c1-10-8-15(24-11(2)17(22)20-23-3)21-14-7-5-4-6-13(14)19-16(21)12(10)9-18/h4-8,11H,1-3H3,(H,20,22). The van der Waals surface area contributed by atoms with Crippen LogP contribution in [-0.4, -0.2) is 27.7 Å². The maximum atomic E-state index is 12.0. The maximum absolute atomic E-state index is 12.0. The monoisotopic (exact) mass is 340 g/mol. The Hall–Kier alpha value is -2.56. The summed E-state index contributed by atoms with van der Waals surface area (Å²) in [5.74, 6) is -0.220. The van der Waals surface area contributed by atoms with E-state index in [1.807, 2.05) is 41.7 Å². The number of pyridine rings is 1. The molecule has 24 heavy (non-hydrogen) atoms. The minimum Gasteiger partial charge on any atom is -0.286 e. The van der Waals surface area contributed by atoms with Gasteiger partial charge in [0, 0.05) is 0 Å². The van der Waals surface area contributed by atoms with Crippen LogP contribution < -0.4 is 5.48 Å². The van der Waals surface area contributed by atoms with Crippen molar-refractivity contribution in [3.8, 4) is 6.07 Å². The Morgan fingerprint density at radius 2 is 2.21 bits per heavy atom. The van der Waals surface area contributed by atoms with Gasteiger partial charge in [-0.1, -0.05) is 23.9 Å². The van der Waals surface area contributed by atoms with Crippen molar-refractivity contribution in [1.82, 2.24) is 14.9 Å². The molecule has 122 valence electrons. The lowest BCUT2D eigenvalue weighted by Crippen LogP contribution is -2.30. The fourth-order valence-electron chi connectivity index (χ4n) is 2.56. The molecule has 1 N–H and O–H groups in total. The van der Waals surface area contributed by atoms with E-state index in [1.165, 1.54) is 18.9 Å². The first kappa shape index (κ1) is 16.3. The summed E-state index contributed by atoms with van der Waals surface area (Å²) in [6, 6.07) is 11.9. The molecule has 3 aromatic rings. The molecule has 0 saturated carbocycles. The smallest absolute Gasteiger partial charge is 0.256 e. The molecule has 0 aliphatic heterocycles. The molecule has 2 aromatic heterocycles. The molecule has 1 amide bonds. The number of hydroxylamine groups is 1. The van der Waals surface area contributed by atoms with Gasteiger partial charge in [0.15, 0.2) is 5.65 Å². The van der Waals surface area contributed by atoms with Gasteiger partial charge in [0.1, 0.15) is 6.07 Å². The molecule has 2 heterocycles. The molecule has 0 aliphatic rings. The number of nitrogens with zero attached hydrogens (tertiary/aromatic N) is 3. The molecule has 0 spiro atoms. The van der Waals surface area contributed by atoms with E-state index in [4.69, 9.17) is 4.84 Å². The minimum atomic E-state index is -0.360. The molecule has 0 radical (unpaired) electrons. The molecular formula is C17H16N4O2S. The highest BCUT2D eigenvalue weighted by atomic mass is 32.2. The van der Waals surface area contributed by atoms with Crippen molar-refractivity contribution in [2.24, 2.45) is 0 Å². The Bertz CT molecular complexity index is 974. The molecule has 1 unspecified atom stereocenters. The summed E-state index contributed by atoms with van der Waals surface area (Å²) in [6.45, 7) is 3.68. The number of hydrogen-bond donors (Lipinski definition) is 1. The highest BCUT2D eigenvalue weighted by Gasteiger charge is 2.20. The molecule has 1 atom stereocenters. The Kier molecular flexibility index (Phi) is 4.42. The summed E-state index contributed by atoms with van der Waals surface area (Å²) in [7, 11) is 1.41. The van der Waals surface area contributed by atoms with Gasteiger partial charge in [0.2, 0.25) is 0 Å². The van der Waals surface area contributed by atoms with Crippen LogP contribution in [-0.2, 0) is 9.63 Å². The molecule has 0 saturated heterocycles. The predicted octanol–water partition coefficient (Wildman–Crippen LogP) is 2.83. The molecule has 7 heteroatoms. The number of nitrogens with one attached hydrogen (secondary N) is 1. The number of para-hydroxylation sites is 2. The molecule has 3 rings (SSSR count). The zero-order chi connectivity index (χ0) is 17.3. The highest BCUT2D eigenvalue weighted by Crippen LogP contribution is 2.31. The van der Waals surface area contributed by atoms with E-state index in [0.717, 1.165) is 21.6 Å². The van der Waals surface area contributed by atoms with Crippen LogP contribution in [0.15, 0.2) is 35.4 Å². The van der Waals surface area contributed by atoms with E-state index in [1.54, 1.807) is 6.92 Å². The van der Waals surface area contributed by atoms with Crippen LogP contribution in [0.2, 0.25) is 0 Å². The molecule has 1 aromatic carbocycles. The van der Waals surface area contributed by atoms with E-state index >= 15 is 0 Å². The van der Waals surface area contributed by atoms with Crippen molar-refractivity contribution < 1.29 is 9.63 Å². The van der Waals surface area contributed by atoms with Crippen LogP contribution >= 0.6 is 11.8 Å². The second-order valence-electron chi connectivity index (χ2n) is 5.34. The van der Waals surface area contributed by atoms with Crippen LogP contribution in [0.25, 0.3) is 16.7 Å². The van der Waals surface area contributed by atoms with Gasteiger partial charge >= 0.3 is 0 Å². The predicted molar refractivity (Wildman–Crippen MR) is 92.6 cm³/mol. The number of hydrogen-bond acceptors (Lipinski definition) is 5. The lowest BCUT2D eigenvalue weighted by atomic mass is 10.2. The summed E-state index contributed by atoms with van der Waals surface area (Å²) in [5, 5.41) is 9.98.